The number of rotatable bonds is 7. The van der Waals surface area contributed by atoms with Gasteiger partial charge in [-0.1, -0.05) is 0 Å². The van der Waals surface area contributed by atoms with E-state index in [1.165, 1.54) is 6.26 Å². The third kappa shape index (κ3) is 5.35. The van der Waals surface area contributed by atoms with Crippen molar-refractivity contribution in [3.8, 4) is 11.5 Å². The van der Waals surface area contributed by atoms with E-state index < -0.39 is 0 Å². The summed E-state index contributed by atoms with van der Waals surface area (Å²) in [6, 6.07) is 7.90. The lowest BCUT2D eigenvalue weighted by atomic mass is 10.0. The largest absolute Gasteiger partial charge is 0.444 e. The summed E-state index contributed by atoms with van der Waals surface area (Å²) in [5.41, 5.74) is 10.6. The van der Waals surface area contributed by atoms with Crippen LogP contribution in [0, 0.1) is 6.92 Å². The molecule has 1 aliphatic rings. The standard InChI is InChI=1S/C25H29N7O3.ClH/c1-16-11-17(3-6-27-16)25-30-21(15-35-25)24(33)29-20-12-18-14-28-32(9-10-34-2)22(18)13-23(20)31-7-4-19(26)5-8-31;/h3,6,11-15,19H,4-5,7-10,26H2,1-2H3,(H,29,33);1H. The number of hydrogen-bond donors (Lipinski definition) is 2. The molecule has 4 heterocycles. The van der Waals surface area contributed by atoms with Gasteiger partial charge in [0, 0.05) is 49.1 Å². The second-order valence-corrected chi connectivity index (χ2v) is 8.79. The Bertz CT molecular complexity index is 1340. The fourth-order valence-electron chi connectivity index (χ4n) is 4.35. The molecule has 0 atom stereocenters. The summed E-state index contributed by atoms with van der Waals surface area (Å²) in [6.07, 6.45) is 6.66. The molecule has 1 saturated heterocycles. The molecule has 0 unspecified atom stereocenters. The van der Waals surface area contributed by atoms with Crippen molar-refractivity contribution in [2.45, 2.75) is 32.4 Å². The molecule has 0 spiro atoms. The Morgan fingerprint density at radius 2 is 2.08 bits per heavy atom. The fourth-order valence-corrected chi connectivity index (χ4v) is 4.35. The SMILES string of the molecule is COCCn1ncc2cc(NC(=O)c3coc(-c4ccnc(C)c4)n3)c(N3CCC(N)CC3)cc21.Cl. The lowest BCUT2D eigenvalue weighted by Gasteiger charge is -2.33. The first-order valence-corrected chi connectivity index (χ1v) is 11.7. The minimum Gasteiger partial charge on any atom is -0.444 e. The molecule has 4 aromatic rings. The number of piperidine rings is 1. The summed E-state index contributed by atoms with van der Waals surface area (Å²) in [4.78, 5) is 24.0. The zero-order valence-corrected chi connectivity index (χ0v) is 21.1. The van der Waals surface area contributed by atoms with Crippen molar-refractivity contribution >= 4 is 40.6 Å². The van der Waals surface area contributed by atoms with Crippen LogP contribution in [0.3, 0.4) is 0 Å². The van der Waals surface area contributed by atoms with Crippen LogP contribution in [-0.2, 0) is 11.3 Å². The van der Waals surface area contributed by atoms with Crippen molar-refractivity contribution in [3.63, 3.8) is 0 Å². The van der Waals surface area contributed by atoms with Gasteiger partial charge in [0.15, 0.2) is 5.69 Å². The van der Waals surface area contributed by atoms with Crippen molar-refractivity contribution in [3.05, 3.63) is 54.3 Å². The maximum Gasteiger partial charge on any atom is 0.277 e. The molecule has 36 heavy (non-hydrogen) atoms. The van der Waals surface area contributed by atoms with Gasteiger partial charge in [-0.05, 0) is 44.0 Å². The van der Waals surface area contributed by atoms with Gasteiger partial charge < -0.3 is 25.1 Å². The van der Waals surface area contributed by atoms with Gasteiger partial charge >= 0.3 is 0 Å². The highest BCUT2D eigenvalue weighted by Crippen LogP contribution is 2.34. The topological polar surface area (TPSA) is 124 Å². The van der Waals surface area contributed by atoms with Crippen molar-refractivity contribution in [1.82, 2.24) is 19.7 Å². The van der Waals surface area contributed by atoms with E-state index in [0.717, 1.165) is 53.8 Å². The molecule has 3 N–H and O–H groups in total. The van der Waals surface area contributed by atoms with Gasteiger partial charge in [0.2, 0.25) is 5.89 Å². The molecule has 3 aromatic heterocycles. The quantitative estimate of drug-likeness (QED) is 0.385. The number of fused-ring (bicyclic) bond motifs is 1. The third-order valence-electron chi connectivity index (χ3n) is 6.28. The minimum absolute atomic E-state index is 0. The molecule has 0 aliphatic carbocycles. The van der Waals surface area contributed by atoms with E-state index in [-0.39, 0.29) is 30.0 Å². The fraction of sp³-hybridized carbons (Fsp3) is 0.360. The average molecular weight is 512 g/mol. The predicted molar refractivity (Wildman–Crippen MR) is 141 cm³/mol. The van der Waals surface area contributed by atoms with Gasteiger partial charge in [-0.2, -0.15) is 5.10 Å². The Balaban J connectivity index is 0.00000304. The molecule has 0 bridgehead atoms. The number of pyridine rings is 1. The number of methoxy groups -OCH3 is 1. The summed E-state index contributed by atoms with van der Waals surface area (Å²) in [5.74, 6) is 0.0348. The van der Waals surface area contributed by atoms with Gasteiger partial charge in [-0.3, -0.25) is 14.5 Å². The summed E-state index contributed by atoms with van der Waals surface area (Å²) < 4.78 is 12.7. The van der Waals surface area contributed by atoms with E-state index in [2.05, 4.69) is 31.3 Å². The normalized spacial score (nSPS) is 14.1. The Kier molecular flexibility index (Phi) is 7.88. The predicted octanol–water partition coefficient (Wildman–Crippen LogP) is 3.64. The van der Waals surface area contributed by atoms with E-state index in [0.29, 0.717) is 24.7 Å². The van der Waals surface area contributed by atoms with Crippen LogP contribution in [0.2, 0.25) is 0 Å². The second kappa shape index (κ2) is 11.1. The van der Waals surface area contributed by atoms with Crippen LogP contribution in [0.4, 0.5) is 11.4 Å². The Labute approximate surface area is 215 Å². The molecule has 1 aromatic carbocycles. The molecule has 1 aliphatic heterocycles. The number of nitrogens with one attached hydrogen (secondary N) is 1. The number of amides is 1. The van der Waals surface area contributed by atoms with E-state index in [4.69, 9.17) is 14.9 Å². The number of nitrogens with zero attached hydrogens (tertiary/aromatic N) is 5. The molecular weight excluding hydrogens is 482 g/mol. The smallest absolute Gasteiger partial charge is 0.277 e. The highest BCUT2D eigenvalue weighted by Gasteiger charge is 2.22. The lowest BCUT2D eigenvalue weighted by Crippen LogP contribution is -2.40. The molecule has 0 saturated carbocycles. The zero-order valence-electron chi connectivity index (χ0n) is 20.3. The number of aromatic nitrogens is 4. The van der Waals surface area contributed by atoms with Gasteiger partial charge in [0.1, 0.15) is 6.26 Å². The van der Waals surface area contributed by atoms with E-state index >= 15 is 0 Å². The van der Waals surface area contributed by atoms with Crippen LogP contribution in [0.15, 0.2) is 47.3 Å². The molecule has 190 valence electrons. The number of hydrogen-bond acceptors (Lipinski definition) is 8. The van der Waals surface area contributed by atoms with Crippen LogP contribution in [0.5, 0.6) is 0 Å². The molecule has 0 radical (unpaired) electrons. The van der Waals surface area contributed by atoms with Crippen LogP contribution >= 0.6 is 12.4 Å². The molecule has 1 amide bonds. The van der Waals surface area contributed by atoms with Gasteiger partial charge in [0.25, 0.3) is 5.91 Å². The number of oxazole rings is 1. The first kappa shape index (κ1) is 25.6. The number of nitrogens with two attached hydrogens (primary N) is 1. The number of benzene rings is 1. The Hall–Kier alpha value is -3.47. The molecule has 10 nitrogen and oxygen atoms in total. The van der Waals surface area contributed by atoms with E-state index in [1.807, 2.05) is 23.7 Å². The highest BCUT2D eigenvalue weighted by molar-refractivity contribution is 6.06. The molecule has 5 rings (SSSR count). The monoisotopic (exact) mass is 511 g/mol. The number of halogens is 1. The summed E-state index contributed by atoms with van der Waals surface area (Å²) >= 11 is 0. The number of aryl methyl sites for hydroxylation is 1. The van der Waals surface area contributed by atoms with Gasteiger partial charge in [-0.15, -0.1) is 12.4 Å². The number of anilines is 2. The maximum atomic E-state index is 13.2. The molecular formula is C25H30ClN7O3. The van der Waals surface area contributed by atoms with Crippen molar-refractivity contribution < 1.29 is 13.9 Å². The van der Waals surface area contributed by atoms with E-state index in [1.54, 1.807) is 25.6 Å². The van der Waals surface area contributed by atoms with Gasteiger partial charge in [-0.25, -0.2) is 4.98 Å². The molecule has 1 fully saturated rings. The highest BCUT2D eigenvalue weighted by atomic mass is 35.5. The second-order valence-electron chi connectivity index (χ2n) is 8.79. The van der Waals surface area contributed by atoms with Crippen LogP contribution in [0.1, 0.15) is 29.0 Å². The Morgan fingerprint density at radius 1 is 1.28 bits per heavy atom. The van der Waals surface area contributed by atoms with Crippen LogP contribution < -0.4 is 16.0 Å². The maximum absolute atomic E-state index is 13.2. The van der Waals surface area contributed by atoms with Crippen molar-refractivity contribution in [2.75, 3.05) is 37.0 Å². The van der Waals surface area contributed by atoms with Crippen LogP contribution in [-0.4, -0.2) is 58.5 Å². The minimum atomic E-state index is -0.341. The van der Waals surface area contributed by atoms with Crippen LogP contribution in [0.25, 0.3) is 22.4 Å². The Morgan fingerprint density at radius 3 is 2.83 bits per heavy atom. The first-order valence-electron chi connectivity index (χ1n) is 11.7. The first-order chi connectivity index (χ1) is 17.0. The number of ether oxygens (including phenoxy) is 1. The number of carbonyl (C=O) groups excluding carboxylic acids is 1. The van der Waals surface area contributed by atoms with E-state index in [9.17, 15) is 4.79 Å². The lowest BCUT2D eigenvalue weighted by molar-refractivity contribution is 0.102. The summed E-state index contributed by atoms with van der Waals surface area (Å²) in [5, 5.41) is 8.49. The van der Waals surface area contributed by atoms with Crippen molar-refractivity contribution in [2.24, 2.45) is 5.73 Å². The van der Waals surface area contributed by atoms with Gasteiger partial charge in [0.05, 0.1) is 36.2 Å². The zero-order chi connectivity index (χ0) is 24.4. The third-order valence-corrected chi connectivity index (χ3v) is 6.28. The summed E-state index contributed by atoms with van der Waals surface area (Å²) in [7, 11) is 1.67. The average Bonchev–Trinajstić information content (AvgIpc) is 3.50. The number of carbonyl (C=O) groups is 1. The molecule has 11 heteroatoms. The van der Waals surface area contributed by atoms with Crippen molar-refractivity contribution in [1.29, 1.82) is 0 Å². The summed E-state index contributed by atoms with van der Waals surface area (Å²) in [6.45, 7) is 4.73.